The van der Waals surface area contributed by atoms with E-state index in [-0.39, 0.29) is 24.7 Å². The molecular weight excluding hydrogens is 366 g/mol. The Morgan fingerprint density at radius 2 is 1.85 bits per heavy atom. The van der Waals surface area contributed by atoms with Crippen molar-refractivity contribution in [1.82, 2.24) is 5.43 Å². The number of carbonyl (C=O) groups is 2. The molecule has 0 saturated carbocycles. The summed E-state index contributed by atoms with van der Waals surface area (Å²) in [4.78, 5) is 23.8. The highest BCUT2D eigenvalue weighted by atomic mass is 35.5. The standard InChI is InChI=1S/C20H22ClN3O3/c1-14-16(21)8-5-9-17(14)23-19(25)11-6-12-20(26)24-22-13-15-7-3-4-10-18(15)27-2/h3-5,7-10,13H,6,11-12H2,1-2H3,(H,23,25)(H,24,26)/b22-13-. The van der Waals surface area contributed by atoms with E-state index in [4.69, 9.17) is 16.3 Å². The van der Waals surface area contributed by atoms with Crippen LogP contribution in [0.3, 0.4) is 0 Å². The van der Waals surface area contributed by atoms with Crippen molar-refractivity contribution in [3.05, 3.63) is 58.6 Å². The van der Waals surface area contributed by atoms with Crippen LogP contribution in [-0.2, 0) is 9.59 Å². The van der Waals surface area contributed by atoms with E-state index in [1.165, 1.54) is 6.21 Å². The summed E-state index contributed by atoms with van der Waals surface area (Å²) in [5.74, 6) is 0.252. The minimum atomic E-state index is -0.257. The Morgan fingerprint density at radius 1 is 1.11 bits per heavy atom. The third-order valence-corrected chi connectivity index (χ3v) is 4.29. The Labute approximate surface area is 163 Å². The Hall–Kier alpha value is -2.86. The van der Waals surface area contributed by atoms with Crippen molar-refractivity contribution in [2.45, 2.75) is 26.2 Å². The smallest absolute Gasteiger partial charge is 0.240 e. The fourth-order valence-electron chi connectivity index (χ4n) is 2.37. The molecule has 2 aromatic rings. The molecule has 0 radical (unpaired) electrons. The topological polar surface area (TPSA) is 79.8 Å². The SMILES string of the molecule is COc1ccccc1/C=N\NC(=O)CCCC(=O)Nc1cccc(Cl)c1C. The molecule has 142 valence electrons. The molecule has 7 heteroatoms. The summed E-state index contributed by atoms with van der Waals surface area (Å²) in [7, 11) is 1.57. The number of nitrogens with one attached hydrogen (secondary N) is 2. The zero-order chi connectivity index (χ0) is 19.6. The molecule has 0 atom stereocenters. The first-order valence-electron chi connectivity index (χ1n) is 8.51. The number of hydrogen-bond acceptors (Lipinski definition) is 4. The highest BCUT2D eigenvalue weighted by Crippen LogP contribution is 2.23. The van der Waals surface area contributed by atoms with E-state index in [2.05, 4.69) is 15.8 Å². The molecule has 2 rings (SSSR count). The van der Waals surface area contributed by atoms with Crippen molar-refractivity contribution in [3.8, 4) is 5.75 Å². The van der Waals surface area contributed by atoms with E-state index < -0.39 is 0 Å². The largest absolute Gasteiger partial charge is 0.496 e. The summed E-state index contributed by atoms with van der Waals surface area (Å²) in [6, 6.07) is 12.7. The van der Waals surface area contributed by atoms with E-state index in [9.17, 15) is 9.59 Å². The van der Waals surface area contributed by atoms with Gasteiger partial charge in [-0.15, -0.1) is 0 Å². The molecule has 0 aromatic heterocycles. The molecule has 0 aliphatic heterocycles. The molecule has 0 aliphatic carbocycles. The van der Waals surface area contributed by atoms with Crippen LogP contribution in [0.25, 0.3) is 0 Å². The first kappa shape index (κ1) is 20.5. The van der Waals surface area contributed by atoms with Gasteiger partial charge in [-0.05, 0) is 43.2 Å². The van der Waals surface area contributed by atoms with Crippen molar-refractivity contribution < 1.29 is 14.3 Å². The van der Waals surface area contributed by atoms with E-state index in [0.717, 1.165) is 11.1 Å². The highest BCUT2D eigenvalue weighted by molar-refractivity contribution is 6.31. The Kier molecular flexibility index (Phi) is 7.82. The number of anilines is 1. The first-order valence-corrected chi connectivity index (χ1v) is 8.89. The van der Waals surface area contributed by atoms with E-state index in [1.54, 1.807) is 25.3 Å². The van der Waals surface area contributed by atoms with Crippen molar-refractivity contribution in [3.63, 3.8) is 0 Å². The van der Waals surface area contributed by atoms with Crippen molar-refractivity contribution >= 4 is 35.3 Å². The number of benzene rings is 2. The Bertz CT molecular complexity index is 837. The van der Waals surface area contributed by atoms with E-state index in [1.807, 2.05) is 31.2 Å². The molecule has 2 amide bonds. The lowest BCUT2D eigenvalue weighted by molar-refractivity contribution is -0.121. The zero-order valence-corrected chi connectivity index (χ0v) is 16.0. The summed E-state index contributed by atoms with van der Waals surface area (Å²) in [6.45, 7) is 1.84. The summed E-state index contributed by atoms with van der Waals surface area (Å²) < 4.78 is 5.20. The lowest BCUT2D eigenvalue weighted by Crippen LogP contribution is -2.18. The number of para-hydroxylation sites is 1. The fourth-order valence-corrected chi connectivity index (χ4v) is 2.54. The van der Waals surface area contributed by atoms with Gasteiger partial charge in [0.25, 0.3) is 0 Å². The van der Waals surface area contributed by atoms with Crippen LogP contribution in [-0.4, -0.2) is 25.1 Å². The molecule has 0 unspecified atom stereocenters. The number of ether oxygens (including phenoxy) is 1. The highest BCUT2D eigenvalue weighted by Gasteiger charge is 2.08. The van der Waals surface area contributed by atoms with Crippen LogP contribution in [0.2, 0.25) is 5.02 Å². The molecule has 0 saturated heterocycles. The summed E-state index contributed by atoms with van der Waals surface area (Å²) in [5, 5.41) is 7.32. The van der Waals surface area contributed by atoms with Crippen molar-refractivity contribution in [2.75, 3.05) is 12.4 Å². The van der Waals surface area contributed by atoms with Crippen LogP contribution < -0.4 is 15.5 Å². The number of amides is 2. The van der Waals surface area contributed by atoms with Gasteiger partial charge in [0.05, 0.1) is 13.3 Å². The summed E-state index contributed by atoms with van der Waals surface area (Å²) in [5.41, 5.74) is 4.70. The third-order valence-electron chi connectivity index (χ3n) is 3.88. The number of rotatable bonds is 8. The fraction of sp³-hybridized carbons (Fsp3) is 0.250. The molecule has 2 aromatic carbocycles. The molecular formula is C20H22ClN3O3. The van der Waals surface area contributed by atoms with Gasteiger partial charge in [-0.1, -0.05) is 29.8 Å². The van der Waals surface area contributed by atoms with E-state index >= 15 is 0 Å². The summed E-state index contributed by atoms with van der Waals surface area (Å²) in [6.07, 6.45) is 2.37. The summed E-state index contributed by atoms with van der Waals surface area (Å²) >= 11 is 6.03. The number of carbonyl (C=O) groups excluding carboxylic acids is 2. The molecule has 2 N–H and O–H groups in total. The molecule has 0 bridgehead atoms. The van der Waals surface area contributed by atoms with Gasteiger partial charge in [-0.25, -0.2) is 5.43 Å². The van der Waals surface area contributed by atoms with Crippen molar-refractivity contribution in [2.24, 2.45) is 5.10 Å². The molecule has 0 spiro atoms. The lowest BCUT2D eigenvalue weighted by atomic mass is 10.2. The van der Waals surface area contributed by atoms with Gasteiger partial charge < -0.3 is 10.1 Å². The maximum absolute atomic E-state index is 12.0. The maximum atomic E-state index is 12.0. The molecule has 27 heavy (non-hydrogen) atoms. The van der Waals surface area contributed by atoms with Gasteiger partial charge >= 0.3 is 0 Å². The second-order valence-corrected chi connectivity index (χ2v) is 6.26. The van der Waals surface area contributed by atoms with Gasteiger partial charge in [0, 0.05) is 29.1 Å². The number of nitrogens with zero attached hydrogens (tertiary/aromatic N) is 1. The van der Waals surface area contributed by atoms with Crippen LogP contribution in [0.1, 0.15) is 30.4 Å². The minimum Gasteiger partial charge on any atom is -0.496 e. The van der Waals surface area contributed by atoms with E-state index in [0.29, 0.717) is 22.9 Å². The molecule has 0 heterocycles. The average molecular weight is 388 g/mol. The van der Waals surface area contributed by atoms with Crippen LogP contribution in [0.15, 0.2) is 47.6 Å². The number of hydrogen-bond donors (Lipinski definition) is 2. The van der Waals surface area contributed by atoms with Gasteiger partial charge in [0.15, 0.2) is 0 Å². The van der Waals surface area contributed by atoms with Gasteiger partial charge in [0.1, 0.15) is 5.75 Å². The maximum Gasteiger partial charge on any atom is 0.240 e. The van der Waals surface area contributed by atoms with Crippen LogP contribution in [0.5, 0.6) is 5.75 Å². The predicted molar refractivity (Wildman–Crippen MR) is 107 cm³/mol. The average Bonchev–Trinajstić information content (AvgIpc) is 2.66. The second kappa shape index (κ2) is 10.3. The predicted octanol–water partition coefficient (Wildman–Crippen LogP) is 3.92. The van der Waals surface area contributed by atoms with Gasteiger partial charge in [-0.2, -0.15) is 5.10 Å². The minimum absolute atomic E-state index is 0.161. The molecule has 6 nitrogen and oxygen atoms in total. The number of halogens is 1. The Morgan fingerprint density at radius 3 is 2.63 bits per heavy atom. The molecule has 0 fully saturated rings. The van der Waals surface area contributed by atoms with Gasteiger partial charge in [-0.3, -0.25) is 9.59 Å². The third kappa shape index (κ3) is 6.42. The zero-order valence-electron chi connectivity index (χ0n) is 15.3. The number of hydrazone groups is 1. The number of methoxy groups -OCH3 is 1. The van der Waals surface area contributed by atoms with Crippen LogP contribution in [0, 0.1) is 6.92 Å². The first-order chi connectivity index (χ1) is 13.0. The monoisotopic (exact) mass is 387 g/mol. The molecule has 0 aliphatic rings. The van der Waals surface area contributed by atoms with Crippen LogP contribution in [0.4, 0.5) is 5.69 Å². The van der Waals surface area contributed by atoms with Gasteiger partial charge in [0.2, 0.25) is 11.8 Å². The second-order valence-electron chi connectivity index (χ2n) is 5.85. The normalized spacial score (nSPS) is 10.6. The van der Waals surface area contributed by atoms with Crippen molar-refractivity contribution in [1.29, 1.82) is 0 Å². The lowest BCUT2D eigenvalue weighted by Gasteiger charge is -2.09. The Balaban J connectivity index is 1.73. The quantitative estimate of drug-likeness (QED) is 0.532. The van der Waals surface area contributed by atoms with Crippen LogP contribution >= 0.6 is 11.6 Å².